The van der Waals surface area contributed by atoms with Gasteiger partial charge in [0.2, 0.25) is 11.9 Å². The summed E-state index contributed by atoms with van der Waals surface area (Å²) in [7, 11) is 1.63. The number of hydrogen-bond donors (Lipinski definition) is 1. The van der Waals surface area contributed by atoms with E-state index >= 15 is 0 Å². The van der Waals surface area contributed by atoms with E-state index in [0.717, 1.165) is 36.5 Å². The van der Waals surface area contributed by atoms with E-state index < -0.39 is 0 Å². The van der Waals surface area contributed by atoms with Gasteiger partial charge in [-0.25, -0.2) is 9.97 Å². The van der Waals surface area contributed by atoms with Crippen LogP contribution in [-0.4, -0.2) is 58.3 Å². The second kappa shape index (κ2) is 10.1. The fourth-order valence-corrected chi connectivity index (χ4v) is 3.90. The molecule has 9 heteroatoms. The highest BCUT2D eigenvalue weighted by Gasteiger charge is 2.31. The number of hydrogen-bond acceptors (Lipinski definition) is 7. The molecule has 1 saturated heterocycles. The van der Waals surface area contributed by atoms with Crippen LogP contribution in [-0.2, 0) is 11.2 Å². The van der Waals surface area contributed by atoms with Gasteiger partial charge in [0.25, 0.3) is 0 Å². The van der Waals surface area contributed by atoms with Crippen molar-refractivity contribution in [2.45, 2.75) is 32.2 Å². The fraction of sp³-hybridized carbons (Fsp3) is 0.391. The van der Waals surface area contributed by atoms with E-state index in [2.05, 4.69) is 25.2 Å². The second-order valence-electron chi connectivity index (χ2n) is 7.50. The number of carbonyl (C=O) groups is 1. The van der Waals surface area contributed by atoms with Gasteiger partial charge < -0.3 is 19.7 Å². The maximum atomic E-state index is 12.9. The molecule has 4 rings (SSSR count). The predicted molar refractivity (Wildman–Crippen MR) is 120 cm³/mol. The van der Waals surface area contributed by atoms with E-state index in [0.29, 0.717) is 31.3 Å². The molecule has 1 amide bonds. The monoisotopic (exact) mass is 436 g/mol. The van der Waals surface area contributed by atoms with Crippen molar-refractivity contribution in [1.82, 2.24) is 24.8 Å². The van der Waals surface area contributed by atoms with Crippen molar-refractivity contribution in [3.8, 4) is 17.4 Å². The minimum atomic E-state index is -0.240. The highest BCUT2D eigenvalue weighted by atomic mass is 16.5. The molecule has 0 aliphatic carbocycles. The minimum Gasteiger partial charge on any atom is -0.493 e. The third-order valence-electron chi connectivity index (χ3n) is 5.45. The second-order valence-corrected chi connectivity index (χ2v) is 7.50. The van der Waals surface area contributed by atoms with E-state index in [1.165, 1.54) is 0 Å². The largest absolute Gasteiger partial charge is 0.493 e. The molecule has 168 valence electrons. The number of anilines is 1. The van der Waals surface area contributed by atoms with Crippen LogP contribution in [0.4, 0.5) is 5.82 Å². The van der Waals surface area contributed by atoms with Gasteiger partial charge in [-0.15, -0.1) is 0 Å². The van der Waals surface area contributed by atoms with Crippen LogP contribution in [0.1, 0.15) is 25.3 Å². The number of imidazole rings is 1. The standard InChI is InChI=1S/C23H28N6O3/c1-3-32-19-7-6-17(15-20(19)31-2)8-10-25-22(30)18-5-4-13-29(18)21-9-11-26-23(27-21)28-14-12-24-16-28/h6-7,9,11-12,14-16,18H,3-5,8,10,13H2,1-2H3,(H,25,30). The minimum absolute atomic E-state index is 0.0168. The van der Waals surface area contributed by atoms with Crippen LogP contribution in [0.25, 0.3) is 5.95 Å². The zero-order valence-corrected chi connectivity index (χ0v) is 18.4. The topological polar surface area (TPSA) is 94.4 Å². The van der Waals surface area contributed by atoms with Gasteiger partial charge >= 0.3 is 0 Å². The Kier molecular flexibility index (Phi) is 6.84. The van der Waals surface area contributed by atoms with E-state index in [9.17, 15) is 4.79 Å². The summed E-state index contributed by atoms with van der Waals surface area (Å²) in [6.45, 7) is 3.86. The molecule has 2 aromatic heterocycles. The van der Waals surface area contributed by atoms with E-state index in [4.69, 9.17) is 9.47 Å². The zero-order valence-electron chi connectivity index (χ0n) is 18.4. The van der Waals surface area contributed by atoms with Crippen LogP contribution in [0.15, 0.2) is 49.2 Å². The molecule has 3 heterocycles. The molecule has 1 aromatic carbocycles. The molecule has 3 aromatic rings. The summed E-state index contributed by atoms with van der Waals surface area (Å²) in [6.07, 6.45) is 9.30. The van der Waals surface area contributed by atoms with Crippen LogP contribution in [0, 0.1) is 0 Å². The maximum Gasteiger partial charge on any atom is 0.242 e. The molecular weight excluding hydrogens is 408 g/mol. The van der Waals surface area contributed by atoms with Crippen LogP contribution >= 0.6 is 0 Å². The number of nitrogens with one attached hydrogen (secondary N) is 1. The van der Waals surface area contributed by atoms with Crippen molar-refractivity contribution in [3.63, 3.8) is 0 Å². The highest BCUT2D eigenvalue weighted by molar-refractivity contribution is 5.85. The molecule has 32 heavy (non-hydrogen) atoms. The number of carbonyl (C=O) groups excluding carboxylic acids is 1. The Morgan fingerprint density at radius 1 is 1.25 bits per heavy atom. The van der Waals surface area contributed by atoms with Crippen molar-refractivity contribution < 1.29 is 14.3 Å². The molecule has 1 aliphatic heterocycles. The number of amides is 1. The SMILES string of the molecule is CCOc1ccc(CCNC(=O)C2CCCN2c2ccnc(-n3ccnc3)n2)cc1OC. The Hall–Kier alpha value is -3.62. The third-order valence-corrected chi connectivity index (χ3v) is 5.45. The highest BCUT2D eigenvalue weighted by Crippen LogP contribution is 2.28. The molecule has 1 aliphatic rings. The molecule has 9 nitrogen and oxygen atoms in total. The number of rotatable bonds is 9. The Morgan fingerprint density at radius 3 is 2.94 bits per heavy atom. The van der Waals surface area contributed by atoms with Gasteiger partial charge in [-0.2, -0.15) is 4.98 Å². The Balaban J connectivity index is 1.37. The summed E-state index contributed by atoms with van der Waals surface area (Å²) in [4.78, 5) is 28.0. The molecule has 1 fully saturated rings. The third kappa shape index (κ3) is 4.82. The van der Waals surface area contributed by atoms with Gasteiger partial charge in [-0.05, 0) is 49.9 Å². The fourth-order valence-electron chi connectivity index (χ4n) is 3.90. The molecule has 1 N–H and O–H groups in total. The van der Waals surface area contributed by atoms with E-state index in [1.54, 1.807) is 36.6 Å². The van der Waals surface area contributed by atoms with Crippen molar-refractivity contribution >= 4 is 11.7 Å². The number of benzene rings is 1. The van der Waals surface area contributed by atoms with Crippen molar-refractivity contribution in [3.05, 3.63) is 54.7 Å². The lowest BCUT2D eigenvalue weighted by Crippen LogP contribution is -2.44. The van der Waals surface area contributed by atoms with Gasteiger partial charge in [-0.3, -0.25) is 9.36 Å². The summed E-state index contributed by atoms with van der Waals surface area (Å²) >= 11 is 0. The number of ether oxygens (including phenoxy) is 2. The lowest BCUT2D eigenvalue weighted by Gasteiger charge is -2.25. The average Bonchev–Trinajstić information content (AvgIpc) is 3.53. The molecule has 0 bridgehead atoms. The first kappa shape index (κ1) is 21.6. The lowest BCUT2D eigenvalue weighted by molar-refractivity contribution is -0.122. The molecular formula is C23H28N6O3. The first-order chi connectivity index (χ1) is 15.7. The first-order valence-electron chi connectivity index (χ1n) is 10.8. The first-order valence-corrected chi connectivity index (χ1v) is 10.8. The van der Waals surface area contributed by atoms with E-state index in [-0.39, 0.29) is 11.9 Å². The Labute approximate surface area is 187 Å². The van der Waals surface area contributed by atoms with Gasteiger partial charge in [0.05, 0.1) is 13.7 Å². The van der Waals surface area contributed by atoms with Gasteiger partial charge in [-0.1, -0.05) is 6.07 Å². The average molecular weight is 437 g/mol. The Bertz CT molecular complexity index is 1040. The molecule has 1 unspecified atom stereocenters. The van der Waals surface area contributed by atoms with Crippen LogP contribution in [0.5, 0.6) is 11.5 Å². The quantitative estimate of drug-likeness (QED) is 0.550. The number of methoxy groups -OCH3 is 1. The number of aromatic nitrogens is 4. The smallest absolute Gasteiger partial charge is 0.242 e. The van der Waals surface area contributed by atoms with Crippen LogP contribution in [0.2, 0.25) is 0 Å². The van der Waals surface area contributed by atoms with Gasteiger partial charge in [0, 0.05) is 31.7 Å². The lowest BCUT2D eigenvalue weighted by atomic mass is 10.1. The van der Waals surface area contributed by atoms with Crippen molar-refractivity contribution in [2.24, 2.45) is 0 Å². The molecule has 0 radical (unpaired) electrons. The van der Waals surface area contributed by atoms with E-state index in [1.807, 2.05) is 31.2 Å². The summed E-state index contributed by atoms with van der Waals surface area (Å²) in [5, 5.41) is 3.08. The van der Waals surface area contributed by atoms with Crippen molar-refractivity contribution in [1.29, 1.82) is 0 Å². The molecule has 0 saturated carbocycles. The van der Waals surface area contributed by atoms with Crippen LogP contribution in [0.3, 0.4) is 0 Å². The number of nitrogens with zero attached hydrogens (tertiary/aromatic N) is 5. The normalized spacial score (nSPS) is 15.6. The predicted octanol–water partition coefficient (Wildman–Crippen LogP) is 2.40. The zero-order chi connectivity index (χ0) is 22.3. The Morgan fingerprint density at radius 2 is 2.16 bits per heavy atom. The van der Waals surface area contributed by atoms with Crippen molar-refractivity contribution in [2.75, 3.05) is 31.7 Å². The van der Waals surface area contributed by atoms with Gasteiger partial charge in [0.15, 0.2) is 11.5 Å². The van der Waals surface area contributed by atoms with Gasteiger partial charge in [0.1, 0.15) is 18.2 Å². The molecule has 1 atom stereocenters. The summed E-state index contributed by atoms with van der Waals surface area (Å²) < 4.78 is 12.7. The summed E-state index contributed by atoms with van der Waals surface area (Å²) in [6, 6.07) is 7.47. The molecule has 0 spiro atoms. The maximum absolute atomic E-state index is 12.9. The summed E-state index contributed by atoms with van der Waals surface area (Å²) in [5.41, 5.74) is 1.08. The summed E-state index contributed by atoms with van der Waals surface area (Å²) in [5.74, 6) is 2.73. The van der Waals surface area contributed by atoms with Crippen LogP contribution < -0.4 is 19.7 Å².